The molecule has 21 heavy (non-hydrogen) atoms. The van der Waals surface area contributed by atoms with E-state index in [2.05, 4.69) is 50.4 Å². The van der Waals surface area contributed by atoms with Crippen molar-refractivity contribution in [3.05, 3.63) is 35.2 Å². The minimum atomic E-state index is 0.281. The molecule has 0 bridgehead atoms. The molecule has 1 aromatic carbocycles. The molecule has 2 N–H and O–H groups in total. The van der Waals surface area contributed by atoms with Gasteiger partial charge in [-0.2, -0.15) is 0 Å². The summed E-state index contributed by atoms with van der Waals surface area (Å²) in [4.78, 5) is 0. The Morgan fingerprint density at radius 3 is 2.76 bits per heavy atom. The summed E-state index contributed by atoms with van der Waals surface area (Å²) in [7, 11) is 0. The van der Waals surface area contributed by atoms with E-state index in [1.54, 1.807) is 0 Å². The summed E-state index contributed by atoms with van der Waals surface area (Å²) in [6.45, 7) is 7.18. The minimum Gasteiger partial charge on any atom is -0.327 e. The molecule has 1 aromatic heterocycles. The van der Waals surface area contributed by atoms with Crippen molar-refractivity contribution in [2.24, 2.45) is 23.0 Å². The first kappa shape index (κ1) is 15.1. The van der Waals surface area contributed by atoms with Crippen LogP contribution in [0.25, 0.3) is 10.1 Å². The molecule has 3 atom stereocenters. The van der Waals surface area contributed by atoms with Crippen molar-refractivity contribution < 1.29 is 0 Å². The number of hydrogen-bond donors (Lipinski definition) is 1. The number of rotatable bonds is 3. The van der Waals surface area contributed by atoms with Gasteiger partial charge in [0.15, 0.2) is 0 Å². The topological polar surface area (TPSA) is 26.0 Å². The number of nitrogens with two attached hydrogens (primary N) is 1. The molecule has 3 rings (SSSR count). The van der Waals surface area contributed by atoms with Gasteiger partial charge in [-0.3, -0.25) is 0 Å². The Bertz CT molecular complexity index is 613. The van der Waals surface area contributed by atoms with Gasteiger partial charge in [0, 0.05) is 10.7 Å². The van der Waals surface area contributed by atoms with Crippen molar-refractivity contribution >= 4 is 21.4 Å². The van der Waals surface area contributed by atoms with Crippen molar-refractivity contribution in [2.75, 3.05) is 0 Å². The SMILES string of the molecule is CC1CCC(C(C)(C)Cc2csc3ccccc23)C(N)C1. The quantitative estimate of drug-likeness (QED) is 0.825. The summed E-state index contributed by atoms with van der Waals surface area (Å²) >= 11 is 1.87. The van der Waals surface area contributed by atoms with Crippen molar-refractivity contribution in [2.45, 2.75) is 52.5 Å². The molecule has 0 amide bonds. The number of hydrogen-bond acceptors (Lipinski definition) is 2. The highest BCUT2D eigenvalue weighted by atomic mass is 32.1. The van der Waals surface area contributed by atoms with E-state index in [1.165, 1.54) is 34.9 Å². The van der Waals surface area contributed by atoms with E-state index in [0.717, 1.165) is 12.3 Å². The minimum absolute atomic E-state index is 0.281. The average Bonchev–Trinajstić information content (AvgIpc) is 2.81. The van der Waals surface area contributed by atoms with E-state index in [9.17, 15) is 0 Å². The van der Waals surface area contributed by atoms with Gasteiger partial charge < -0.3 is 5.73 Å². The standard InChI is InChI=1S/C19H27NS/c1-13-8-9-16(17(20)10-13)19(2,3)11-14-12-21-18-7-5-4-6-15(14)18/h4-7,12-13,16-17H,8-11,20H2,1-3H3. The average molecular weight is 301 g/mol. The van der Waals surface area contributed by atoms with Crippen LogP contribution in [-0.4, -0.2) is 6.04 Å². The van der Waals surface area contributed by atoms with E-state index in [-0.39, 0.29) is 5.41 Å². The lowest BCUT2D eigenvalue weighted by Gasteiger charge is -2.43. The lowest BCUT2D eigenvalue weighted by molar-refractivity contribution is 0.113. The molecule has 0 radical (unpaired) electrons. The Morgan fingerprint density at radius 2 is 2.00 bits per heavy atom. The second-order valence-electron chi connectivity index (χ2n) is 7.61. The van der Waals surface area contributed by atoms with Gasteiger partial charge in [0.1, 0.15) is 0 Å². The maximum atomic E-state index is 6.50. The molecular weight excluding hydrogens is 274 g/mol. The van der Waals surface area contributed by atoms with E-state index in [1.807, 2.05) is 11.3 Å². The first-order valence-corrected chi connectivity index (χ1v) is 9.06. The normalized spacial score (nSPS) is 27.1. The Balaban J connectivity index is 1.82. The molecule has 2 aromatic rings. The molecule has 1 aliphatic rings. The molecule has 0 saturated heterocycles. The van der Waals surface area contributed by atoms with Gasteiger partial charge in [0.25, 0.3) is 0 Å². The molecule has 0 aliphatic heterocycles. The number of thiophene rings is 1. The van der Waals surface area contributed by atoms with Crippen LogP contribution in [0.2, 0.25) is 0 Å². The fraction of sp³-hybridized carbons (Fsp3) is 0.579. The zero-order valence-corrected chi connectivity index (χ0v) is 14.2. The van der Waals surface area contributed by atoms with Gasteiger partial charge in [0.05, 0.1) is 0 Å². The van der Waals surface area contributed by atoms with Crippen molar-refractivity contribution in [3.8, 4) is 0 Å². The van der Waals surface area contributed by atoms with E-state index < -0.39 is 0 Å². The zero-order chi connectivity index (χ0) is 15.0. The van der Waals surface area contributed by atoms with Crippen LogP contribution in [0.3, 0.4) is 0 Å². The maximum Gasteiger partial charge on any atom is 0.0345 e. The molecule has 114 valence electrons. The molecule has 1 nitrogen and oxygen atoms in total. The van der Waals surface area contributed by atoms with Gasteiger partial charge >= 0.3 is 0 Å². The summed E-state index contributed by atoms with van der Waals surface area (Å²) < 4.78 is 1.41. The third-order valence-corrected chi connectivity index (χ3v) is 6.39. The van der Waals surface area contributed by atoms with Crippen molar-refractivity contribution in [1.29, 1.82) is 0 Å². The Labute approximate surface area is 132 Å². The lowest BCUT2D eigenvalue weighted by Crippen LogP contribution is -2.44. The Kier molecular flexibility index (Phi) is 4.11. The van der Waals surface area contributed by atoms with E-state index in [0.29, 0.717) is 12.0 Å². The van der Waals surface area contributed by atoms with Crippen LogP contribution in [0.5, 0.6) is 0 Å². The summed E-state index contributed by atoms with van der Waals surface area (Å²) in [5, 5.41) is 3.79. The van der Waals surface area contributed by atoms with Crippen LogP contribution in [0.15, 0.2) is 29.6 Å². The Morgan fingerprint density at radius 1 is 1.24 bits per heavy atom. The van der Waals surface area contributed by atoms with E-state index in [4.69, 9.17) is 5.73 Å². The first-order chi connectivity index (χ1) is 9.97. The largest absolute Gasteiger partial charge is 0.327 e. The predicted octanol–water partition coefficient (Wildman–Crippen LogP) is 5.23. The second kappa shape index (κ2) is 5.73. The smallest absolute Gasteiger partial charge is 0.0345 e. The summed E-state index contributed by atoms with van der Waals surface area (Å²) in [5.41, 5.74) is 8.29. The highest BCUT2D eigenvalue weighted by Gasteiger charge is 2.37. The molecule has 0 spiro atoms. The second-order valence-corrected chi connectivity index (χ2v) is 8.52. The molecule has 1 saturated carbocycles. The number of fused-ring (bicyclic) bond motifs is 1. The fourth-order valence-electron chi connectivity index (χ4n) is 4.19. The summed E-state index contributed by atoms with van der Waals surface area (Å²) in [6.07, 6.45) is 4.96. The Hall–Kier alpha value is -0.860. The molecule has 1 fully saturated rings. The molecule has 2 heteroatoms. The molecule has 1 aliphatic carbocycles. The zero-order valence-electron chi connectivity index (χ0n) is 13.4. The summed E-state index contributed by atoms with van der Waals surface area (Å²) in [5.74, 6) is 1.45. The first-order valence-electron chi connectivity index (χ1n) is 8.18. The fourth-order valence-corrected chi connectivity index (χ4v) is 5.15. The van der Waals surface area contributed by atoms with Crippen LogP contribution in [0, 0.1) is 17.3 Å². The van der Waals surface area contributed by atoms with Crippen LogP contribution in [-0.2, 0) is 6.42 Å². The van der Waals surface area contributed by atoms with Gasteiger partial charge in [-0.1, -0.05) is 45.4 Å². The number of benzene rings is 1. The van der Waals surface area contributed by atoms with Gasteiger partial charge in [-0.05, 0) is 58.9 Å². The van der Waals surface area contributed by atoms with Gasteiger partial charge in [-0.15, -0.1) is 11.3 Å². The molecule has 3 unspecified atom stereocenters. The lowest BCUT2D eigenvalue weighted by atomic mass is 9.64. The van der Waals surface area contributed by atoms with Gasteiger partial charge in [0.2, 0.25) is 0 Å². The third kappa shape index (κ3) is 3.02. The van der Waals surface area contributed by atoms with Crippen LogP contribution in [0.4, 0.5) is 0 Å². The molecular formula is C19H27NS. The van der Waals surface area contributed by atoms with Crippen LogP contribution >= 0.6 is 11.3 Å². The van der Waals surface area contributed by atoms with Crippen LogP contribution in [0.1, 0.15) is 45.6 Å². The summed E-state index contributed by atoms with van der Waals surface area (Å²) in [6, 6.07) is 9.14. The van der Waals surface area contributed by atoms with Crippen LogP contribution < -0.4 is 5.73 Å². The van der Waals surface area contributed by atoms with E-state index >= 15 is 0 Å². The van der Waals surface area contributed by atoms with Gasteiger partial charge in [-0.25, -0.2) is 0 Å². The maximum absolute atomic E-state index is 6.50. The van der Waals surface area contributed by atoms with Crippen molar-refractivity contribution in [3.63, 3.8) is 0 Å². The monoisotopic (exact) mass is 301 g/mol. The highest BCUT2D eigenvalue weighted by molar-refractivity contribution is 7.17. The third-order valence-electron chi connectivity index (χ3n) is 5.37. The van der Waals surface area contributed by atoms with Crippen molar-refractivity contribution in [1.82, 2.24) is 0 Å². The highest BCUT2D eigenvalue weighted by Crippen LogP contribution is 2.43. The molecule has 1 heterocycles. The predicted molar refractivity (Wildman–Crippen MR) is 93.8 cm³/mol.